The van der Waals surface area contributed by atoms with Gasteiger partial charge in [-0.2, -0.15) is 0 Å². The Morgan fingerprint density at radius 2 is 2.06 bits per heavy atom. The Balaban J connectivity index is 0.00000162. The molecule has 0 fully saturated rings. The number of hydrogen-bond donors (Lipinski definition) is 2. The van der Waals surface area contributed by atoms with E-state index >= 15 is 0 Å². The minimum atomic E-state index is -0.184. The van der Waals surface area contributed by atoms with Crippen molar-refractivity contribution in [3.05, 3.63) is 10.6 Å². The molecule has 0 saturated carbocycles. The zero-order chi connectivity index (χ0) is 12.4. The molecule has 0 spiro atoms. The fourth-order valence-electron chi connectivity index (χ4n) is 1.86. The van der Waals surface area contributed by atoms with Crippen LogP contribution in [0.15, 0.2) is 0 Å². The van der Waals surface area contributed by atoms with Crippen molar-refractivity contribution >= 4 is 34.8 Å². The number of hydrogen-bond acceptors (Lipinski definition) is 4. The molecule has 2 unspecified atom stereocenters. The summed E-state index contributed by atoms with van der Waals surface area (Å²) in [7, 11) is 0. The lowest BCUT2D eigenvalue weighted by Gasteiger charge is -2.13. The fraction of sp³-hybridized carbons (Fsp3) is 0.667. The number of halogens is 1. The molecular weight excluding hydrogens is 270 g/mol. The normalized spacial score (nSPS) is 17.3. The molecule has 2 atom stereocenters. The number of nitrogens with zero attached hydrogens (tertiary/aromatic N) is 1. The molecule has 1 aliphatic rings. The van der Waals surface area contributed by atoms with Gasteiger partial charge in [-0.05, 0) is 32.6 Å². The summed E-state index contributed by atoms with van der Waals surface area (Å²) in [4.78, 5) is 17.7. The number of rotatable bonds is 3. The topological polar surface area (TPSA) is 68.0 Å². The van der Waals surface area contributed by atoms with Crippen LogP contribution in [0.5, 0.6) is 0 Å². The van der Waals surface area contributed by atoms with Gasteiger partial charge in [0.15, 0.2) is 5.13 Å². The highest BCUT2D eigenvalue weighted by Crippen LogP contribution is 2.29. The van der Waals surface area contributed by atoms with Crippen LogP contribution in [0, 0.1) is 5.92 Å². The highest BCUT2D eigenvalue weighted by molar-refractivity contribution is 7.15. The van der Waals surface area contributed by atoms with Gasteiger partial charge in [-0.15, -0.1) is 23.7 Å². The number of carbonyl (C=O) groups excluding carboxylic acids is 1. The number of anilines is 1. The third kappa shape index (κ3) is 3.43. The molecule has 0 aromatic carbocycles. The van der Waals surface area contributed by atoms with Crippen LogP contribution in [0.3, 0.4) is 0 Å². The van der Waals surface area contributed by atoms with Crippen molar-refractivity contribution in [3.8, 4) is 0 Å². The molecule has 0 bridgehead atoms. The first kappa shape index (κ1) is 15.4. The maximum Gasteiger partial charge on any atom is 0.230 e. The van der Waals surface area contributed by atoms with E-state index < -0.39 is 0 Å². The van der Waals surface area contributed by atoms with Gasteiger partial charge in [-0.3, -0.25) is 4.79 Å². The molecule has 0 radical (unpaired) electrons. The van der Waals surface area contributed by atoms with E-state index in [0.717, 1.165) is 18.0 Å². The lowest BCUT2D eigenvalue weighted by molar-refractivity contribution is -0.119. The van der Waals surface area contributed by atoms with Gasteiger partial charge in [0, 0.05) is 10.9 Å². The largest absolute Gasteiger partial charge is 0.327 e. The van der Waals surface area contributed by atoms with Crippen LogP contribution < -0.4 is 11.1 Å². The van der Waals surface area contributed by atoms with E-state index in [1.54, 1.807) is 11.3 Å². The standard InChI is InChI=1S/C12H19N3OS.ClH/c1-7(8(2)13)11(16)15-12-14-9-5-3-4-6-10(9)17-12;/h7-8H,3-6,13H2,1-2H3,(H,14,15,16);1H. The lowest BCUT2D eigenvalue weighted by Crippen LogP contribution is -2.34. The molecule has 1 heterocycles. The number of amides is 1. The summed E-state index contributed by atoms with van der Waals surface area (Å²) in [5, 5.41) is 3.60. The molecule has 0 aliphatic heterocycles. The van der Waals surface area contributed by atoms with E-state index in [9.17, 15) is 4.79 Å². The van der Waals surface area contributed by atoms with Crippen LogP contribution >= 0.6 is 23.7 Å². The number of nitrogens with one attached hydrogen (secondary N) is 1. The van der Waals surface area contributed by atoms with Crippen LogP contribution in [-0.4, -0.2) is 16.9 Å². The first-order chi connectivity index (χ1) is 8.08. The summed E-state index contributed by atoms with van der Waals surface area (Å²) in [6.45, 7) is 3.69. The molecule has 3 N–H and O–H groups in total. The van der Waals surface area contributed by atoms with Gasteiger partial charge in [0.2, 0.25) is 5.91 Å². The molecule has 1 amide bonds. The van der Waals surface area contributed by atoms with Crippen LogP contribution in [-0.2, 0) is 17.6 Å². The third-order valence-electron chi connectivity index (χ3n) is 3.28. The second-order valence-electron chi connectivity index (χ2n) is 4.73. The number of aromatic nitrogens is 1. The van der Waals surface area contributed by atoms with Crippen molar-refractivity contribution in [1.82, 2.24) is 4.98 Å². The fourth-order valence-corrected chi connectivity index (χ4v) is 2.92. The SMILES string of the molecule is CC(N)C(C)C(=O)Nc1nc2c(s1)CCCC2.Cl. The number of carbonyl (C=O) groups is 1. The van der Waals surface area contributed by atoms with E-state index in [4.69, 9.17) is 5.73 Å². The molecule has 4 nitrogen and oxygen atoms in total. The summed E-state index contributed by atoms with van der Waals surface area (Å²) in [6.07, 6.45) is 4.59. The second-order valence-corrected chi connectivity index (χ2v) is 5.82. The molecule has 18 heavy (non-hydrogen) atoms. The third-order valence-corrected chi connectivity index (χ3v) is 4.35. The maximum absolute atomic E-state index is 11.8. The molecule has 2 rings (SSSR count). The zero-order valence-electron chi connectivity index (χ0n) is 10.7. The van der Waals surface area contributed by atoms with Gasteiger partial charge in [-0.1, -0.05) is 6.92 Å². The predicted molar refractivity (Wildman–Crippen MR) is 77.4 cm³/mol. The van der Waals surface area contributed by atoms with Gasteiger partial charge in [-0.25, -0.2) is 4.98 Å². The molecule has 1 aromatic rings. The molecule has 1 aromatic heterocycles. The van der Waals surface area contributed by atoms with Crippen molar-refractivity contribution in [2.45, 2.75) is 45.6 Å². The first-order valence-corrected chi connectivity index (χ1v) is 6.94. The van der Waals surface area contributed by atoms with Gasteiger partial charge < -0.3 is 11.1 Å². The first-order valence-electron chi connectivity index (χ1n) is 6.13. The number of nitrogens with two attached hydrogens (primary N) is 1. The van der Waals surface area contributed by atoms with Gasteiger partial charge >= 0.3 is 0 Å². The lowest BCUT2D eigenvalue weighted by atomic mass is 10.0. The number of aryl methyl sites for hydroxylation is 2. The highest BCUT2D eigenvalue weighted by Gasteiger charge is 2.20. The summed E-state index contributed by atoms with van der Waals surface area (Å²) in [5.74, 6) is -0.220. The van der Waals surface area contributed by atoms with Crippen molar-refractivity contribution < 1.29 is 4.79 Å². The summed E-state index contributed by atoms with van der Waals surface area (Å²) in [5.41, 5.74) is 6.88. The zero-order valence-corrected chi connectivity index (χ0v) is 12.4. The molecule has 6 heteroatoms. The van der Waals surface area contributed by atoms with Crippen LogP contribution in [0.1, 0.15) is 37.3 Å². The van der Waals surface area contributed by atoms with Crippen LogP contribution in [0.25, 0.3) is 0 Å². The Labute approximate surface area is 118 Å². The monoisotopic (exact) mass is 289 g/mol. The Morgan fingerprint density at radius 1 is 1.39 bits per heavy atom. The van der Waals surface area contributed by atoms with Gasteiger partial charge in [0.25, 0.3) is 0 Å². The van der Waals surface area contributed by atoms with Gasteiger partial charge in [0.1, 0.15) is 0 Å². The minimum Gasteiger partial charge on any atom is -0.327 e. The molecule has 102 valence electrons. The Hall–Kier alpha value is -0.650. The summed E-state index contributed by atoms with van der Waals surface area (Å²) < 4.78 is 0. The average molecular weight is 290 g/mol. The summed E-state index contributed by atoms with van der Waals surface area (Å²) >= 11 is 1.61. The van der Waals surface area contributed by atoms with Crippen LogP contribution in [0.2, 0.25) is 0 Å². The summed E-state index contributed by atoms with van der Waals surface area (Å²) in [6, 6.07) is -0.135. The van der Waals surface area contributed by atoms with E-state index in [1.807, 2.05) is 13.8 Å². The maximum atomic E-state index is 11.8. The van der Waals surface area contributed by atoms with Crippen molar-refractivity contribution in [3.63, 3.8) is 0 Å². The number of fused-ring (bicyclic) bond motifs is 1. The van der Waals surface area contributed by atoms with Crippen molar-refractivity contribution in [1.29, 1.82) is 0 Å². The van der Waals surface area contributed by atoms with E-state index in [1.165, 1.54) is 23.4 Å². The minimum absolute atomic E-state index is 0. The Bertz CT molecular complexity index is 396. The Morgan fingerprint density at radius 3 is 2.67 bits per heavy atom. The Kier molecular flexibility index (Phi) is 5.56. The molecule has 1 aliphatic carbocycles. The molecular formula is C12H20ClN3OS. The molecule has 0 saturated heterocycles. The smallest absolute Gasteiger partial charge is 0.230 e. The second kappa shape index (κ2) is 6.50. The predicted octanol–water partition coefficient (Wildman–Crippen LogP) is 2.37. The van der Waals surface area contributed by atoms with Crippen LogP contribution in [0.4, 0.5) is 5.13 Å². The highest BCUT2D eigenvalue weighted by atomic mass is 35.5. The number of thiazole rings is 1. The van der Waals surface area contributed by atoms with E-state index in [0.29, 0.717) is 0 Å². The van der Waals surface area contributed by atoms with E-state index in [2.05, 4.69) is 10.3 Å². The van der Waals surface area contributed by atoms with Crippen molar-refractivity contribution in [2.24, 2.45) is 11.7 Å². The van der Waals surface area contributed by atoms with Crippen molar-refractivity contribution in [2.75, 3.05) is 5.32 Å². The van der Waals surface area contributed by atoms with E-state index in [-0.39, 0.29) is 30.3 Å². The van der Waals surface area contributed by atoms with Gasteiger partial charge in [0.05, 0.1) is 11.6 Å². The quantitative estimate of drug-likeness (QED) is 0.897. The average Bonchev–Trinajstić information content (AvgIpc) is 2.69.